The Hall–Kier alpha value is -0.920. The normalized spacial score (nSPS) is 25.1. The highest BCUT2D eigenvalue weighted by Gasteiger charge is 2.43. The number of nitrogens with zero attached hydrogens (tertiary/aromatic N) is 1. The Bertz CT molecular complexity index is 530. The molecule has 0 amide bonds. The SMILES string of the molecule is CCOC1C(Cl)CC1Oc1cc(F)c(Br)cc1[N+](=O)[O-]. The van der Waals surface area contributed by atoms with Crippen molar-refractivity contribution in [3.8, 4) is 5.75 Å². The summed E-state index contributed by atoms with van der Waals surface area (Å²) in [6.45, 7) is 2.28. The Labute approximate surface area is 128 Å². The molecule has 1 aromatic rings. The molecule has 0 aromatic heterocycles. The van der Waals surface area contributed by atoms with Crippen molar-refractivity contribution >= 4 is 33.2 Å². The molecular formula is C12H12BrClFNO4. The van der Waals surface area contributed by atoms with E-state index in [2.05, 4.69) is 15.9 Å². The van der Waals surface area contributed by atoms with Crippen LogP contribution < -0.4 is 4.74 Å². The van der Waals surface area contributed by atoms with E-state index in [0.717, 1.165) is 12.1 Å². The highest BCUT2D eigenvalue weighted by Crippen LogP contribution is 2.38. The highest BCUT2D eigenvalue weighted by atomic mass is 79.9. The molecular weight excluding hydrogens is 356 g/mol. The molecule has 0 aliphatic heterocycles. The molecule has 0 heterocycles. The number of alkyl halides is 1. The van der Waals surface area contributed by atoms with Gasteiger partial charge in [-0.25, -0.2) is 4.39 Å². The molecule has 8 heteroatoms. The minimum absolute atomic E-state index is 0.0155. The monoisotopic (exact) mass is 367 g/mol. The quantitative estimate of drug-likeness (QED) is 0.452. The van der Waals surface area contributed by atoms with Crippen LogP contribution in [0.5, 0.6) is 5.75 Å². The Kier molecular flexibility index (Phi) is 4.82. The van der Waals surface area contributed by atoms with Crippen molar-refractivity contribution in [1.29, 1.82) is 0 Å². The van der Waals surface area contributed by atoms with E-state index in [1.165, 1.54) is 0 Å². The van der Waals surface area contributed by atoms with Crippen LogP contribution in [0.3, 0.4) is 0 Å². The maximum Gasteiger partial charge on any atom is 0.312 e. The van der Waals surface area contributed by atoms with E-state index >= 15 is 0 Å². The second kappa shape index (κ2) is 6.24. The van der Waals surface area contributed by atoms with E-state index in [0.29, 0.717) is 13.0 Å². The van der Waals surface area contributed by atoms with Crippen molar-refractivity contribution in [3.63, 3.8) is 0 Å². The van der Waals surface area contributed by atoms with E-state index in [-0.39, 0.29) is 27.4 Å². The van der Waals surface area contributed by atoms with E-state index < -0.39 is 16.8 Å². The zero-order chi connectivity index (χ0) is 14.9. The average molecular weight is 369 g/mol. The number of hydrogen-bond acceptors (Lipinski definition) is 4. The zero-order valence-corrected chi connectivity index (χ0v) is 12.9. The molecule has 1 aromatic carbocycles. The van der Waals surface area contributed by atoms with Gasteiger partial charge in [-0.05, 0) is 22.9 Å². The third-order valence-electron chi connectivity index (χ3n) is 3.02. The third kappa shape index (κ3) is 3.05. The molecule has 5 nitrogen and oxygen atoms in total. The number of nitro groups is 1. The summed E-state index contributed by atoms with van der Waals surface area (Å²) < 4.78 is 24.4. The summed E-state index contributed by atoms with van der Waals surface area (Å²) in [7, 11) is 0. The third-order valence-corrected chi connectivity index (χ3v) is 4.05. The Morgan fingerprint density at radius 3 is 2.85 bits per heavy atom. The maximum atomic E-state index is 13.5. The first-order valence-corrected chi connectivity index (χ1v) is 7.22. The average Bonchev–Trinajstić information content (AvgIpc) is 2.39. The van der Waals surface area contributed by atoms with Gasteiger partial charge >= 0.3 is 5.69 Å². The summed E-state index contributed by atoms with van der Waals surface area (Å²) in [5, 5.41) is 10.8. The lowest BCUT2D eigenvalue weighted by Gasteiger charge is -2.40. The lowest BCUT2D eigenvalue weighted by Crippen LogP contribution is -2.52. The standard InChI is InChI=1S/C12H12BrClFNO4/c1-2-19-12-7(14)4-11(12)20-10-5-8(15)6(13)3-9(10)16(17)18/h3,5,7,11-12H,2,4H2,1H3. The van der Waals surface area contributed by atoms with Crippen molar-refractivity contribution in [2.75, 3.05) is 6.61 Å². The van der Waals surface area contributed by atoms with E-state index in [9.17, 15) is 14.5 Å². The van der Waals surface area contributed by atoms with E-state index in [1.807, 2.05) is 6.92 Å². The van der Waals surface area contributed by atoms with Gasteiger partial charge in [0, 0.05) is 25.2 Å². The van der Waals surface area contributed by atoms with Gasteiger partial charge in [0.1, 0.15) is 18.0 Å². The molecule has 20 heavy (non-hydrogen) atoms. The van der Waals surface area contributed by atoms with Crippen LogP contribution in [0.2, 0.25) is 0 Å². The van der Waals surface area contributed by atoms with Gasteiger partial charge in [-0.1, -0.05) is 0 Å². The second-order valence-corrected chi connectivity index (χ2v) is 5.73. The molecule has 1 aliphatic rings. The molecule has 0 bridgehead atoms. The van der Waals surface area contributed by atoms with Crippen LogP contribution in [0.15, 0.2) is 16.6 Å². The first-order chi connectivity index (χ1) is 9.43. The van der Waals surface area contributed by atoms with Crippen LogP contribution in [0.25, 0.3) is 0 Å². The van der Waals surface area contributed by atoms with Gasteiger partial charge in [0.15, 0.2) is 5.75 Å². The molecule has 3 atom stereocenters. The predicted molar refractivity (Wildman–Crippen MR) is 74.8 cm³/mol. The van der Waals surface area contributed by atoms with Gasteiger partial charge < -0.3 is 9.47 Å². The van der Waals surface area contributed by atoms with Gasteiger partial charge in [0.2, 0.25) is 0 Å². The molecule has 3 unspecified atom stereocenters. The summed E-state index contributed by atoms with van der Waals surface area (Å²) in [6.07, 6.45) is -0.245. The minimum Gasteiger partial charge on any atom is -0.481 e. The van der Waals surface area contributed by atoms with E-state index in [1.54, 1.807) is 0 Å². The summed E-state index contributed by atoms with van der Waals surface area (Å²) in [4.78, 5) is 10.4. The smallest absolute Gasteiger partial charge is 0.312 e. The molecule has 110 valence electrons. The molecule has 1 aliphatic carbocycles. The summed E-state index contributed by atoms with van der Waals surface area (Å²) in [5.74, 6) is -0.741. The molecule has 0 radical (unpaired) electrons. The van der Waals surface area contributed by atoms with Crippen molar-refractivity contribution in [2.45, 2.75) is 30.9 Å². The molecule has 0 spiro atoms. The first-order valence-electron chi connectivity index (χ1n) is 5.99. The van der Waals surface area contributed by atoms with Crippen molar-refractivity contribution < 1.29 is 18.8 Å². The summed E-state index contributed by atoms with van der Waals surface area (Å²) in [5.41, 5.74) is -0.299. The molecule has 1 saturated carbocycles. The summed E-state index contributed by atoms with van der Waals surface area (Å²) >= 11 is 8.90. The van der Waals surface area contributed by atoms with Crippen LogP contribution >= 0.6 is 27.5 Å². The topological polar surface area (TPSA) is 61.6 Å². The molecule has 2 rings (SSSR count). The first kappa shape index (κ1) is 15.5. The number of benzene rings is 1. The lowest BCUT2D eigenvalue weighted by atomic mass is 9.91. The van der Waals surface area contributed by atoms with Crippen LogP contribution in [0.1, 0.15) is 13.3 Å². The zero-order valence-electron chi connectivity index (χ0n) is 10.5. The number of ether oxygens (including phenoxy) is 2. The van der Waals surface area contributed by atoms with Crippen molar-refractivity contribution in [2.24, 2.45) is 0 Å². The van der Waals surface area contributed by atoms with Crippen LogP contribution in [-0.2, 0) is 4.74 Å². The van der Waals surface area contributed by atoms with Crippen molar-refractivity contribution in [1.82, 2.24) is 0 Å². The largest absolute Gasteiger partial charge is 0.481 e. The molecule has 0 saturated heterocycles. The number of rotatable bonds is 5. The fourth-order valence-corrected chi connectivity index (χ4v) is 2.71. The van der Waals surface area contributed by atoms with Crippen LogP contribution in [0, 0.1) is 15.9 Å². The van der Waals surface area contributed by atoms with Gasteiger partial charge in [0.05, 0.1) is 14.8 Å². The van der Waals surface area contributed by atoms with Crippen LogP contribution in [0.4, 0.5) is 10.1 Å². The predicted octanol–water partition coefficient (Wildman–Crippen LogP) is 3.66. The van der Waals surface area contributed by atoms with Gasteiger partial charge in [-0.15, -0.1) is 11.6 Å². The maximum absolute atomic E-state index is 13.5. The second-order valence-electron chi connectivity index (χ2n) is 4.32. The Morgan fingerprint density at radius 1 is 1.60 bits per heavy atom. The Morgan fingerprint density at radius 2 is 2.30 bits per heavy atom. The van der Waals surface area contributed by atoms with Gasteiger partial charge in [-0.3, -0.25) is 10.1 Å². The van der Waals surface area contributed by atoms with Crippen molar-refractivity contribution in [3.05, 3.63) is 32.5 Å². The van der Waals surface area contributed by atoms with Gasteiger partial charge in [0.25, 0.3) is 0 Å². The number of nitro benzene ring substituents is 1. The fourth-order valence-electron chi connectivity index (χ4n) is 1.96. The minimum atomic E-state index is -0.625. The lowest BCUT2D eigenvalue weighted by molar-refractivity contribution is -0.386. The van der Waals surface area contributed by atoms with Gasteiger partial charge in [-0.2, -0.15) is 0 Å². The van der Waals surface area contributed by atoms with Crippen LogP contribution in [-0.4, -0.2) is 29.1 Å². The number of hydrogen-bond donors (Lipinski definition) is 0. The number of halogens is 3. The molecule has 1 fully saturated rings. The van der Waals surface area contributed by atoms with E-state index in [4.69, 9.17) is 21.1 Å². The highest BCUT2D eigenvalue weighted by molar-refractivity contribution is 9.10. The summed E-state index contributed by atoms with van der Waals surface area (Å²) in [6, 6.07) is 2.07. The Balaban J connectivity index is 2.21. The molecule has 0 N–H and O–H groups in total. The fraction of sp³-hybridized carbons (Fsp3) is 0.500.